The van der Waals surface area contributed by atoms with Gasteiger partial charge in [0, 0.05) is 50.9 Å². The molecule has 1 saturated heterocycles. The number of oxime groups is 1. The summed E-state index contributed by atoms with van der Waals surface area (Å²) in [5, 5.41) is 21.3. The van der Waals surface area contributed by atoms with Gasteiger partial charge < -0.3 is 19.8 Å². The van der Waals surface area contributed by atoms with Gasteiger partial charge in [-0.05, 0) is 26.0 Å². The minimum Gasteiger partial charge on any atom is -0.477 e. The number of carboxylic acids is 1. The number of aromatic carboxylic acids is 1. The molecule has 0 saturated carbocycles. The second kappa shape index (κ2) is 7.97. The number of hydrogen-bond donors (Lipinski definition) is 2. The molecule has 2 N–H and O–H groups in total. The smallest absolute Gasteiger partial charge is 0.341 e. The van der Waals surface area contributed by atoms with Crippen molar-refractivity contribution in [3.8, 4) is 0 Å². The predicted molar refractivity (Wildman–Crippen MR) is 104 cm³/mol. The van der Waals surface area contributed by atoms with Crippen LogP contribution in [0.25, 0.3) is 10.9 Å². The van der Waals surface area contributed by atoms with Crippen LogP contribution in [0, 0.1) is 5.82 Å². The summed E-state index contributed by atoms with van der Waals surface area (Å²) < 4.78 is 16.5. The Morgan fingerprint density at radius 1 is 1.25 bits per heavy atom. The Morgan fingerprint density at radius 2 is 1.93 bits per heavy atom. The maximum absolute atomic E-state index is 14.8. The number of hydrogen-bond acceptors (Lipinski definition) is 6. The fourth-order valence-electron chi connectivity index (χ4n) is 3.56. The second-order valence-electron chi connectivity index (χ2n) is 6.88. The summed E-state index contributed by atoms with van der Waals surface area (Å²) in [5.74, 6) is -1.87. The lowest BCUT2D eigenvalue weighted by atomic mass is 10.1. The van der Waals surface area contributed by atoms with Crippen molar-refractivity contribution in [2.45, 2.75) is 20.4 Å². The second-order valence-corrected chi connectivity index (χ2v) is 6.88. The van der Waals surface area contributed by atoms with Crippen LogP contribution in [0.3, 0.4) is 0 Å². The van der Waals surface area contributed by atoms with Crippen molar-refractivity contribution in [2.24, 2.45) is 5.16 Å². The number of aromatic nitrogens is 1. The lowest BCUT2D eigenvalue weighted by Crippen LogP contribution is -2.48. The summed E-state index contributed by atoms with van der Waals surface area (Å²) in [6.07, 6.45) is 1.31. The van der Waals surface area contributed by atoms with Crippen molar-refractivity contribution in [1.82, 2.24) is 9.47 Å². The molecule has 0 aliphatic carbocycles. The van der Waals surface area contributed by atoms with E-state index in [0.29, 0.717) is 56.2 Å². The summed E-state index contributed by atoms with van der Waals surface area (Å²) in [7, 11) is 0. The molecule has 0 amide bonds. The fraction of sp³-hybridized carbons (Fsp3) is 0.421. The lowest BCUT2D eigenvalue weighted by Gasteiger charge is -2.36. The quantitative estimate of drug-likeness (QED) is 0.459. The van der Waals surface area contributed by atoms with Crippen LogP contribution < -0.4 is 10.3 Å². The third-order valence-electron chi connectivity index (χ3n) is 5.06. The molecule has 8 nitrogen and oxygen atoms in total. The third kappa shape index (κ3) is 3.70. The average Bonchev–Trinajstić information content (AvgIpc) is 2.68. The number of aryl methyl sites for hydroxylation is 1. The summed E-state index contributed by atoms with van der Waals surface area (Å²) in [6, 6.07) is 2.76. The highest BCUT2D eigenvalue weighted by molar-refractivity contribution is 5.93. The zero-order valence-corrected chi connectivity index (χ0v) is 15.9. The van der Waals surface area contributed by atoms with Gasteiger partial charge in [0.25, 0.3) is 0 Å². The van der Waals surface area contributed by atoms with E-state index in [1.807, 2.05) is 11.8 Å². The molecule has 28 heavy (non-hydrogen) atoms. The van der Waals surface area contributed by atoms with Crippen molar-refractivity contribution in [3.63, 3.8) is 0 Å². The largest absolute Gasteiger partial charge is 0.477 e. The van der Waals surface area contributed by atoms with E-state index in [0.717, 1.165) is 6.07 Å². The minimum atomic E-state index is -1.32. The van der Waals surface area contributed by atoms with Gasteiger partial charge in [0.05, 0.1) is 16.9 Å². The first-order chi connectivity index (χ1) is 13.3. The Hall–Kier alpha value is -2.94. The van der Waals surface area contributed by atoms with Crippen LogP contribution in [0.4, 0.5) is 10.1 Å². The topological polar surface area (TPSA) is 98.4 Å². The number of benzene rings is 1. The van der Waals surface area contributed by atoms with E-state index in [4.69, 9.17) is 5.21 Å². The van der Waals surface area contributed by atoms with Gasteiger partial charge in [0.1, 0.15) is 11.4 Å². The number of nitrogens with zero attached hydrogens (tertiary/aromatic N) is 4. The highest BCUT2D eigenvalue weighted by Gasteiger charge is 2.22. The summed E-state index contributed by atoms with van der Waals surface area (Å²) in [5.41, 5.74) is 0.479. The number of rotatable bonds is 5. The molecule has 0 atom stereocenters. The third-order valence-corrected chi connectivity index (χ3v) is 5.06. The maximum atomic E-state index is 14.8. The van der Waals surface area contributed by atoms with Gasteiger partial charge in [0.15, 0.2) is 0 Å². The summed E-state index contributed by atoms with van der Waals surface area (Å²) >= 11 is 0. The van der Waals surface area contributed by atoms with Crippen molar-refractivity contribution in [3.05, 3.63) is 39.9 Å². The van der Waals surface area contributed by atoms with E-state index >= 15 is 0 Å². The Balaban J connectivity index is 1.96. The number of halogens is 1. The number of pyridine rings is 1. The molecule has 1 aromatic heterocycles. The van der Waals surface area contributed by atoms with E-state index in [-0.39, 0.29) is 10.9 Å². The van der Waals surface area contributed by atoms with Gasteiger partial charge in [-0.15, -0.1) is 0 Å². The van der Waals surface area contributed by atoms with Crippen molar-refractivity contribution < 1.29 is 19.5 Å². The molecule has 1 aromatic carbocycles. The molecular weight excluding hydrogens is 367 g/mol. The van der Waals surface area contributed by atoms with E-state index in [1.165, 1.54) is 6.20 Å². The number of carboxylic acid groups (broad SMARTS) is 1. The van der Waals surface area contributed by atoms with Gasteiger partial charge in [0.2, 0.25) is 5.43 Å². The van der Waals surface area contributed by atoms with Crippen LogP contribution in [0.2, 0.25) is 0 Å². The lowest BCUT2D eigenvalue weighted by molar-refractivity contribution is 0.0695. The zero-order chi connectivity index (χ0) is 20.4. The van der Waals surface area contributed by atoms with Gasteiger partial charge in [-0.2, -0.15) is 0 Å². The molecule has 0 spiro atoms. The Bertz CT molecular complexity index is 994. The molecule has 2 aromatic rings. The normalized spacial score (nSPS) is 16.0. The van der Waals surface area contributed by atoms with Crippen LogP contribution in [0.15, 0.2) is 28.3 Å². The molecule has 0 unspecified atom stereocenters. The molecule has 1 aliphatic heterocycles. The molecule has 1 fully saturated rings. The summed E-state index contributed by atoms with van der Waals surface area (Å²) in [4.78, 5) is 27.8. The molecule has 2 heterocycles. The van der Waals surface area contributed by atoms with Gasteiger partial charge >= 0.3 is 5.97 Å². The van der Waals surface area contributed by atoms with Gasteiger partial charge in [-0.1, -0.05) is 5.16 Å². The van der Waals surface area contributed by atoms with E-state index in [9.17, 15) is 19.1 Å². The molecule has 3 rings (SSSR count). The predicted octanol–water partition coefficient (Wildman–Crippen LogP) is 1.83. The standard InChI is InChI=1S/C19H23FN4O4/c1-3-23-11-14(19(26)27)18(25)13-8-15(20)17(9-16(13)23)24-6-4-22(5-7-24)10-12(2)21-28/h8-9,11,28H,3-7,10H2,1-2H3,(H,26,27)/b21-12-. The van der Waals surface area contributed by atoms with Crippen molar-refractivity contribution in [2.75, 3.05) is 37.6 Å². The maximum Gasteiger partial charge on any atom is 0.341 e. The zero-order valence-electron chi connectivity index (χ0n) is 15.9. The van der Waals surface area contributed by atoms with Crippen LogP contribution in [0.1, 0.15) is 24.2 Å². The van der Waals surface area contributed by atoms with Crippen LogP contribution in [-0.4, -0.2) is 64.2 Å². The fourth-order valence-corrected chi connectivity index (χ4v) is 3.56. The van der Waals surface area contributed by atoms with Gasteiger partial charge in [-0.25, -0.2) is 9.18 Å². The van der Waals surface area contributed by atoms with E-state index in [2.05, 4.69) is 10.1 Å². The molecule has 1 aliphatic rings. The monoisotopic (exact) mass is 390 g/mol. The summed E-state index contributed by atoms with van der Waals surface area (Å²) in [6.45, 7) is 7.13. The number of fused-ring (bicyclic) bond motifs is 1. The Labute approximate surface area is 161 Å². The number of anilines is 1. The molecular formula is C19H23FN4O4. The molecule has 0 radical (unpaired) electrons. The average molecular weight is 390 g/mol. The highest BCUT2D eigenvalue weighted by Crippen LogP contribution is 2.26. The first-order valence-electron chi connectivity index (χ1n) is 9.10. The first-order valence-corrected chi connectivity index (χ1v) is 9.10. The molecule has 150 valence electrons. The number of carbonyl (C=O) groups is 1. The first kappa shape index (κ1) is 19.8. The molecule has 0 bridgehead atoms. The van der Waals surface area contributed by atoms with E-state index < -0.39 is 17.2 Å². The number of piperazine rings is 1. The van der Waals surface area contributed by atoms with Gasteiger partial charge in [-0.3, -0.25) is 9.69 Å². The highest BCUT2D eigenvalue weighted by atomic mass is 19.1. The van der Waals surface area contributed by atoms with Crippen LogP contribution >= 0.6 is 0 Å². The van der Waals surface area contributed by atoms with Crippen molar-refractivity contribution >= 4 is 28.3 Å². The molecule has 9 heteroatoms. The van der Waals surface area contributed by atoms with Crippen LogP contribution in [-0.2, 0) is 6.54 Å². The van der Waals surface area contributed by atoms with E-state index in [1.54, 1.807) is 17.6 Å². The van der Waals surface area contributed by atoms with Crippen LogP contribution in [0.5, 0.6) is 0 Å². The van der Waals surface area contributed by atoms with Crippen molar-refractivity contribution in [1.29, 1.82) is 0 Å². The SMILES string of the molecule is CCn1cc(C(=O)O)c(=O)c2cc(F)c(N3CCN(C/C(C)=N\O)CC3)cc21. The minimum absolute atomic E-state index is 0.0661. The Kier molecular flexibility index (Phi) is 5.64. The Morgan fingerprint density at radius 3 is 2.50 bits per heavy atom.